The van der Waals surface area contributed by atoms with E-state index >= 15 is 0 Å². The van der Waals surface area contributed by atoms with Crippen molar-refractivity contribution in [3.05, 3.63) is 17.7 Å². The minimum absolute atomic E-state index is 0.460. The van der Waals surface area contributed by atoms with Crippen LogP contribution < -0.4 is 19.5 Å². The highest BCUT2D eigenvalue weighted by Crippen LogP contribution is 2.42. The SMILES string of the molecule is COc1cc(OC)c(C2CCNC2CC(C)C)cc1OC. The standard InChI is InChI=1S/C17H27NO3/c1-11(2)8-14-12(6-7-18-14)13-9-16(20-4)17(21-5)10-15(13)19-3/h9-12,14,18H,6-8H2,1-5H3. The number of benzene rings is 1. The van der Waals surface area contributed by atoms with Crippen molar-refractivity contribution in [2.24, 2.45) is 5.92 Å². The van der Waals surface area contributed by atoms with Crippen molar-refractivity contribution >= 4 is 0 Å². The van der Waals surface area contributed by atoms with E-state index in [9.17, 15) is 0 Å². The Morgan fingerprint density at radius 2 is 1.67 bits per heavy atom. The molecule has 118 valence electrons. The van der Waals surface area contributed by atoms with E-state index < -0.39 is 0 Å². The Balaban J connectivity index is 2.37. The van der Waals surface area contributed by atoms with Crippen LogP contribution in [0.25, 0.3) is 0 Å². The molecule has 4 nitrogen and oxygen atoms in total. The summed E-state index contributed by atoms with van der Waals surface area (Å²) in [6.45, 7) is 5.59. The third-order valence-corrected chi connectivity index (χ3v) is 4.21. The Kier molecular flexibility index (Phi) is 5.34. The molecule has 1 fully saturated rings. The molecule has 2 atom stereocenters. The van der Waals surface area contributed by atoms with Crippen molar-refractivity contribution in [1.82, 2.24) is 5.32 Å². The smallest absolute Gasteiger partial charge is 0.164 e. The molecular formula is C17H27NO3. The zero-order valence-electron chi connectivity index (χ0n) is 13.7. The lowest BCUT2D eigenvalue weighted by Crippen LogP contribution is -2.27. The molecule has 1 aromatic rings. The summed E-state index contributed by atoms with van der Waals surface area (Å²) in [7, 11) is 5.03. The average molecular weight is 293 g/mol. The summed E-state index contributed by atoms with van der Waals surface area (Å²) >= 11 is 0. The normalized spacial score (nSPS) is 21.6. The maximum Gasteiger partial charge on any atom is 0.164 e. The Labute approximate surface area is 127 Å². The Morgan fingerprint density at radius 3 is 2.24 bits per heavy atom. The van der Waals surface area contributed by atoms with E-state index in [4.69, 9.17) is 14.2 Å². The first-order chi connectivity index (χ1) is 10.1. The van der Waals surface area contributed by atoms with Crippen LogP contribution >= 0.6 is 0 Å². The van der Waals surface area contributed by atoms with Gasteiger partial charge < -0.3 is 19.5 Å². The van der Waals surface area contributed by atoms with Crippen LogP contribution in [-0.4, -0.2) is 33.9 Å². The largest absolute Gasteiger partial charge is 0.496 e. The predicted molar refractivity (Wildman–Crippen MR) is 84.7 cm³/mol. The van der Waals surface area contributed by atoms with Gasteiger partial charge in [-0.05, 0) is 31.4 Å². The lowest BCUT2D eigenvalue weighted by molar-refractivity contribution is 0.344. The van der Waals surface area contributed by atoms with Crippen molar-refractivity contribution < 1.29 is 14.2 Å². The number of ether oxygens (including phenoxy) is 3. The number of methoxy groups -OCH3 is 3. The van der Waals surface area contributed by atoms with Gasteiger partial charge in [-0.15, -0.1) is 0 Å². The lowest BCUT2D eigenvalue weighted by Gasteiger charge is -2.24. The third kappa shape index (κ3) is 3.43. The van der Waals surface area contributed by atoms with Crippen LogP contribution in [0.15, 0.2) is 12.1 Å². The monoisotopic (exact) mass is 293 g/mol. The van der Waals surface area contributed by atoms with Crippen molar-refractivity contribution in [2.75, 3.05) is 27.9 Å². The molecule has 4 heteroatoms. The van der Waals surface area contributed by atoms with Gasteiger partial charge in [0.1, 0.15) is 5.75 Å². The second-order valence-corrected chi connectivity index (χ2v) is 6.03. The van der Waals surface area contributed by atoms with Gasteiger partial charge in [0.15, 0.2) is 11.5 Å². The van der Waals surface area contributed by atoms with E-state index in [2.05, 4.69) is 25.2 Å². The van der Waals surface area contributed by atoms with Gasteiger partial charge in [-0.3, -0.25) is 0 Å². The van der Waals surface area contributed by atoms with Gasteiger partial charge in [0.2, 0.25) is 0 Å². The van der Waals surface area contributed by atoms with Gasteiger partial charge in [-0.25, -0.2) is 0 Å². The molecule has 1 aliphatic heterocycles. The van der Waals surface area contributed by atoms with Crippen molar-refractivity contribution in [2.45, 2.75) is 38.6 Å². The van der Waals surface area contributed by atoms with Crippen LogP contribution in [0.3, 0.4) is 0 Å². The van der Waals surface area contributed by atoms with Crippen molar-refractivity contribution in [3.8, 4) is 17.2 Å². The van der Waals surface area contributed by atoms with Crippen LogP contribution in [0.5, 0.6) is 17.2 Å². The first-order valence-corrected chi connectivity index (χ1v) is 7.64. The summed E-state index contributed by atoms with van der Waals surface area (Å²) in [4.78, 5) is 0. The molecule has 1 aromatic carbocycles. The van der Waals surface area contributed by atoms with Crippen LogP contribution in [0.2, 0.25) is 0 Å². The third-order valence-electron chi connectivity index (χ3n) is 4.21. The summed E-state index contributed by atoms with van der Waals surface area (Å²) in [5, 5.41) is 3.63. The van der Waals surface area contributed by atoms with E-state index in [1.165, 1.54) is 12.0 Å². The van der Waals surface area contributed by atoms with E-state index in [1.54, 1.807) is 21.3 Å². The Morgan fingerprint density at radius 1 is 1.05 bits per heavy atom. The van der Waals surface area contributed by atoms with Crippen LogP contribution in [0, 0.1) is 5.92 Å². The maximum atomic E-state index is 5.59. The molecule has 2 rings (SSSR count). The molecule has 0 bridgehead atoms. The zero-order valence-corrected chi connectivity index (χ0v) is 13.7. The van der Waals surface area contributed by atoms with E-state index in [1.807, 2.05) is 6.07 Å². The van der Waals surface area contributed by atoms with E-state index in [0.29, 0.717) is 23.6 Å². The van der Waals surface area contributed by atoms with Crippen molar-refractivity contribution in [1.29, 1.82) is 0 Å². The number of nitrogens with one attached hydrogen (secondary N) is 1. The molecule has 0 amide bonds. The average Bonchev–Trinajstić information content (AvgIpc) is 2.92. The number of rotatable bonds is 6. The fraction of sp³-hybridized carbons (Fsp3) is 0.647. The van der Waals surface area contributed by atoms with Crippen LogP contribution in [-0.2, 0) is 0 Å². The summed E-state index contributed by atoms with van der Waals surface area (Å²) < 4.78 is 16.4. The topological polar surface area (TPSA) is 39.7 Å². The van der Waals surface area contributed by atoms with Gasteiger partial charge in [-0.2, -0.15) is 0 Å². The molecule has 1 heterocycles. The molecule has 0 saturated carbocycles. The van der Waals surface area contributed by atoms with Crippen molar-refractivity contribution in [3.63, 3.8) is 0 Å². The second-order valence-electron chi connectivity index (χ2n) is 6.03. The first-order valence-electron chi connectivity index (χ1n) is 7.64. The summed E-state index contributed by atoms with van der Waals surface area (Å²) in [6.07, 6.45) is 2.30. The van der Waals surface area contributed by atoms with Gasteiger partial charge in [0.25, 0.3) is 0 Å². The van der Waals surface area contributed by atoms with E-state index in [0.717, 1.165) is 24.5 Å². The Hall–Kier alpha value is -1.42. The molecular weight excluding hydrogens is 266 g/mol. The summed E-state index contributed by atoms with van der Waals surface area (Å²) in [6, 6.07) is 4.50. The minimum atomic E-state index is 0.460. The van der Waals surface area contributed by atoms with Gasteiger partial charge >= 0.3 is 0 Å². The van der Waals surface area contributed by atoms with Gasteiger partial charge in [0.05, 0.1) is 21.3 Å². The molecule has 0 spiro atoms. The fourth-order valence-corrected chi connectivity index (χ4v) is 3.24. The lowest BCUT2D eigenvalue weighted by atomic mass is 9.86. The zero-order chi connectivity index (χ0) is 15.4. The highest BCUT2D eigenvalue weighted by molar-refractivity contribution is 5.52. The first kappa shape index (κ1) is 16.0. The van der Waals surface area contributed by atoms with Crippen LogP contribution in [0.4, 0.5) is 0 Å². The number of hydrogen-bond acceptors (Lipinski definition) is 4. The predicted octanol–water partition coefficient (Wildman–Crippen LogP) is 3.20. The van der Waals surface area contributed by atoms with Gasteiger partial charge in [-0.1, -0.05) is 13.8 Å². The molecule has 2 unspecified atom stereocenters. The second kappa shape index (κ2) is 7.03. The highest BCUT2D eigenvalue weighted by atomic mass is 16.5. The fourth-order valence-electron chi connectivity index (χ4n) is 3.24. The minimum Gasteiger partial charge on any atom is -0.496 e. The summed E-state index contributed by atoms with van der Waals surface area (Å²) in [5.41, 5.74) is 1.21. The molecule has 0 aromatic heterocycles. The quantitative estimate of drug-likeness (QED) is 0.874. The molecule has 0 aliphatic carbocycles. The van der Waals surface area contributed by atoms with E-state index in [-0.39, 0.29) is 0 Å². The molecule has 1 saturated heterocycles. The highest BCUT2D eigenvalue weighted by Gasteiger charge is 2.31. The van der Waals surface area contributed by atoms with Crippen LogP contribution in [0.1, 0.15) is 38.2 Å². The number of hydrogen-bond donors (Lipinski definition) is 1. The molecule has 1 aliphatic rings. The molecule has 21 heavy (non-hydrogen) atoms. The molecule has 0 radical (unpaired) electrons. The van der Waals surface area contributed by atoms with Gasteiger partial charge in [0, 0.05) is 23.6 Å². The summed E-state index contributed by atoms with van der Waals surface area (Å²) in [5.74, 6) is 3.50. The molecule has 1 N–H and O–H groups in total. The maximum absolute atomic E-state index is 5.59. The Bertz CT molecular complexity index is 473.